The highest BCUT2D eigenvalue weighted by Crippen LogP contribution is 2.20. The minimum absolute atomic E-state index is 0. The fraction of sp³-hybridized carbons (Fsp3) is 0.529. The summed E-state index contributed by atoms with van der Waals surface area (Å²) in [4.78, 5) is 0. The van der Waals surface area contributed by atoms with E-state index in [1.165, 1.54) is 5.56 Å². The van der Waals surface area contributed by atoms with Crippen LogP contribution in [0.25, 0.3) is 0 Å². The molecule has 0 spiro atoms. The normalized spacial score (nSPS) is 15.2. The fourth-order valence-corrected chi connectivity index (χ4v) is 5.06. The number of hydrogen-bond acceptors (Lipinski definition) is 5. The Hall–Kier alpha value is -0.733. The van der Waals surface area contributed by atoms with Crippen LogP contribution in [0.4, 0.5) is 0 Å². The molecule has 1 aromatic rings. The van der Waals surface area contributed by atoms with Gasteiger partial charge in [0.05, 0.1) is 5.67 Å². The highest BCUT2D eigenvalue weighted by atomic mass is 35.5. The maximum Gasteiger partial charge on any atom is 0.517 e. The summed E-state index contributed by atoms with van der Waals surface area (Å²) in [5.41, 5.74) is 7.55. The van der Waals surface area contributed by atoms with Gasteiger partial charge in [0.15, 0.2) is 0 Å². The molecule has 0 bridgehead atoms. The lowest BCUT2D eigenvalue weighted by Gasteiger charge is -2.33. The first-order valence-electron chi connectivity index (χ1n) is 7.90. The van der Waals surface area contributed by atoms with Gasteiger partial charge < -0.3 is 24.3 Å². The number of nitrogens with two attached hydrogens (primary N) is 1. The van der Waals surface area contributed by atoms with Crippen molar-refractivity contribution >= 4 is 21.2 Å². The predicted molar refractivity (Wildman–Crippen MR) is 103 cm³/mol. The second kappa shape index (κ2) is 11.8. The second-order valence-electron chi connectivity index (χ2n) is 5.42. The van der Waals surface area contributed by atoms with Gasteiger partial charge in [-0.2, -0.15) is 0 Å². The van der Waals surface area contributed by atoms with Gasteiger partial charge in [0.25, 0.3) is 0 Å². The molecule has 0 saturated carbocycles. The standard InChI is InChI=1S/C17H30N2O3Si.ClH/c1-6-15(14-11-9-8-10-12-14)16(18)13-19-17(7-2)23(20-3,21-4)22-5;/h6,8-12,15-17,19H,1,7,13,18H2,2-5H3;1H. The highest BCUT2D eigenvalue weighted by Gasteiger charge is 2.46. The molecule has 0 amide bonds. The largest absolute Gasteiger partial charge is 0.517 e. The molecule has 0 radical (unpaired) electrons. The van der Waals surface area contributed by atoms with Crippen LogP contribution >= 0.6 is 12.4 Å². The first-order valence-corrected chi connectivity index (χ1v) is 9.70. The molecule has 0 saturated heterocycles. The summed E-state index contributed by atoms with van der Waals surface area (Å²) >= 11 is 0. The molecule has 1 rings (SSSR count). The van der Waals surface area contributed by atoms with Crippen LogP contribution < -0.4 is 11.1 Å². The summed E-state index contributed by atoms with van der Waals surface area (Å²) < 4.78 is 16.7. The Morgan fingerprint density at radius 3 is 2.12 bits per heavy atom. The van der Waals surface area contributed by atoms with E-state index in [0.29, 0.717) is 6.54 Å². The van der Waals surface area contributed by atoms with Crippen molar-refractivity contribution in [3.05, 3.63) is 48.6 Å². The van der Waals surface area contributed by atoms with Gasteiger partial charge in [0.1, 0.15) is 0 Å². The van der Waals surface area contributed by atoms with Crippen LogP contribution in [0.2, 0.25) is 0 Å². The number of rotatable bonds is 11. The quantitative estimate of drug-likeness (QED) is 0.460. The summed E-state index contributed by atoms with van der Waals surface area (Å²) in [6, 6.07) is 10.1. The molecule has 3 N–H and O–H groups in total. The van der Waals surface area contributed by atoms with Crippen LogP contribution in [0.15, 0.2) is 43.0 Å². The number of hydrogen-bond donors (Lipinski definition) is 2. The Morgan fingerprint density at radius 2 is 1.71 bits per heavy atom. The van der Waals surface area contributed by atoms with E-state index in [2.05, 4.69) is 31.0 Å². The summed E-state index contributed by atoms with van der Waals surface area (Å²) in [5, 5.41) is 3.46. The summed E-state index contributed by atoms with van der Waals surface area (Å²) in [5.74, 6) is 0.0879. The van der Waals surface area contributed by atoms with Gasteiger partial charge in [-0.15, -0.1) is 19.0 Å². The Labute approximate surface area is 153 Å². The molecule has 0 heterocycles. The van der Waals surface area contributed by atoms with Gasteiger partial charge in [-0.05, 0) is 12.0 Å². The molecule has 1 aromatic carbocycles. The zero-order chi connectivity index (χ0) is 17.3. The lowest BCUT2D eigenvalue weighted by molar-refractivity contribution is 0.106. The molecule has 0 fully saturated rings. The van der Waals surface area contributed by atoms with E-state index in [0.717, 1.165) is 6.42 Å². The molecule has 24 heavy (non-hydrogen) atoms. The van der Waals surface area contributed by atoms with Gasteiger partial charge in [0, 0.05) is 39.8 Å². The average molecular weight is 375 g/mol. The second-order valence-corrected chi connectivity index (χ2v) is 8.55. The molecule has 0 aliphatic rings. The third-order valence-electron chi connectivity index (χ3n) is 4.19. The number of halogens is 1. The smallest absolute Gasteiger partial charge is 0.376 e. The van der Waals surface area contributed by atoms with Crippen LogP contribution in [-0.2, 0) is 13.3 Å². The van der Waals surface area contributed by atoms with Gasteiger partial charge >= 0.3 is 8.80 Å². The fourth-order valence-electron chi connectivity index (χ4n) is 2.83. The van der Waals surface area contributed by atoms with Crippen LogP contribution in [0.1, 0.15) is 24.8 Å². The van der Waals surface area contributed by atoms with Crippen LogP contribution in [0.3, 0.4) is 0 Å². The minimum atomic E-state index is -2.73. The lowest BCUT2D eigenvalue weighted by atomic mass is 9.92. The lowest BCUT2D eigenvalue weighted by Crippen LogP contribution is -2.61. The first kappa shape index (κ1) is 23.3. The molecule has 5 nitrogen and oxygen atoms in total. The van der Waals surface area contributed by atoms with E-state index in [-0.39, 0.29) is 30.0 Å². The molecule has 7 heteroatoms. The van der Waals surface area contributed by atoms with Crippen molar-refractivity contribution in [2.45, 2.75) is 31.0 Å². The maximum absolute atomic E-state index is 6.39. The zero-order valence-corrected chi connectivity index (χ0v) is 16.8. The van der Waals surface area contributed by atoms with Crippen molar-refractivity contribution in [2.24, 2.45) is 5.73 Å². The van der Waals surface area contributed by atoms with Crippen molar-refractivity contribution in [2.75, 3.05) is 27.9 Å². The predicted octanol–water partition coefficient (Wildman–Crippen LogP) is 2.49. The maximum atomic E-state index is 6.39. The average Bonchev–Trinajstić information content (AvgIpc) is 2.60. The van der Waals surface area contributed by atoms with E-state index in [1.807, 2.05) is 24.3 Å². The molecule has 3 unspecified atom stereocenters. The van der Waals surface area contributed by atoms with Crippen molar-refractivity contribution in [1.82, 2.24) is 5.32 Å². The minimum Gasteiger partial charge on any atom is -0.376 e. The number of benzene rings is 1. The molecule has 0 aliphatic carbocycles. The zero-order valence-electron chi connectivity index (χ0n) is 15.0. The summed E-state index contributed by atoms with van der Waals surface area (Å²) in [6.45, 7) is 6.62. The first-order chi connectivity index (χ1) is 11.1. The molecular weight excluding hydrogens is 344 g/mol. The Balaban J connectivity index is 0.00000529. The topological polar surface area (TPSA) is 65.7 Å². The van der Waals surface area contributed by atoms with Crippen molar-refractivity contribution in [3.63, 3.8) is 0 Å². The van der Waals surface area contributed by atoms with Crippen LogP contribution in [0, 0.1) is 0 Å². The third-order valence-corrected chi connectivity index (χ3v) is 7.36. The number of nitrogens with one attached hydrogen (secondary N) is 1. The van der Waals surface area contributed by atoms with E-state index in [9.17, 15) is 0 Å². The van der Waals surface area contributed by atoms with E-state index < -0.39 is 8.80 Å². The Morgan fingerprint density at radius 1 is 1.17 bits per heavy atom. The van der Waals surface area contributed by atoms with Crippen molar-refractivity contribution < 1.29 is 13.3 Å². The van der Waals surface area contributed by atoms with E-state index in [4.69, 9.17) is 19.0 Å². The molecule has 0 aliphatic heterocycles. The molecular formula is C17H31ClN2O3Si. The molecule has 3 atom stereocenters. The van der Waals surface area contributed by atoms with Crippen LogP contribution in [-0.4, -0.2) is 48.4 Å². The molecule has 0 aromatic heterocycles. The summed E-state index contributed by atoms with van der Waals surface area (Å²) in [7, 11) is 2.14. The summed E-state index contributed by atoms with van der Waals surface area (Å²) in [6.07, 6.45) is 2.73. The van der Waals surface area contributed by atoms with E-state index >= 15 is 0 Å². The Bertz CT molecular complexity index is 452. The van der Waals surface area contributed by atoms with Gasteiger partial charge in [-0.3, -0.25) is 0 Å². The SMILES string of the molecule is C=CC(c1ccccc1)C(N)CNC(CC)[Si](OC)(OC)OC.Cl. The highest BCUT2D eigenvalue weighted by molar-refractivity contribution is 6.62. The van der Waals surface area contributed by atoms with Crippen molar-refractivity contribution in [3.8, 4) is 0 Å². The Kier molecular flexibility index (Phi) is 11.4. The van der Waals surface area contributed by atoms with Gasteiger partial charge in [0.2, 0.25) is 0 Å². The monoisotopic (exact) mass is 374 g/mol. The van der Waals surface area contributed by atoms with Gasteiger partial charge in [-0.1, -0.05) is 43.3 Å². The van der Waals surface area contributed by atoms with Crippen LogP contribution in [0.5, 0.6) is 0 Å². The van der Waals surface area contributed by atoms with Crippen molar-refractivity contribution in [1.29, 1.82) is 0 Å². The van der Waals surface area contributed by atoms with Gasteiger partial charge in [-0.25, -0.2) is 0 Å². The van der Waals surface area contributed by atoms with E-state index in [1.54, 1.807) is 21.3 Å². The molecule has 138 valence electrons. The third kappa shape index (κ3) is 5.67.